The third kappa shape index (κ3) is 2.74. The predicted octanol–water partition coefficient (Wildman–Crippen LogP) is 4.22. The number of benzene rings is 1. The molecule has 3 aliphatic heterocycles. The maximum absolute atomic E-state index is 6.41. The summed E-state index contributed by atoms with van der Waals surface area (Å²) in [7, 11) is 1.74. The van der Waals surface area contributed by atoms with Crippen molar-refractivity contribution in [3.63, 3.8) is 0 Å². The van der Waals surface area contributed by atoms with Crippen LogP contribution in [0.15, 0.2) is 28.7 Å². The molecule has 0 N–H and O–H groups in total. The highest BCUT2D eigenvalue weighted by Gasteiger charge is 2.61. The second kappa shape index (κ2) is 6.69. The van der Waals surface area contributed by atoms with E-state index in [2.05, 4.69) is 15.9 Å². The Kier molecular flexibility index (Phi) is 4.73. The summed E-state index contributed by atoms with van der Waals surface area (Å²) >= 11 is 3.47. The Morgan fingerprint density at radius 2 is 1.75 bits per heavy atom. The van der Waals surface area contributed by atoms with Gasteiger partial charge >= 0.3 is 5.97 Å². The van der Waals surface area contributed by atoms with Crippen LogP contribution < -0.4 is 0 Å². The fourth-order valence-corrected chi connectivity index (χ4v) is 4.78. The van der Waals surface area contributed by atoms with Crippen molar-refractivity contribution >= 4 is 15.9 Å². The van der Waals surface area contributed by atoms with Gasteiger partial charge in [0.1, 0.15) is 0 Å². The van der Waals surface area contributed by atoms with Gasteiger partial charge in [-0.2, -0.15) is 0 Å². The first-order chi connectivity index (χ1) is 11.7. The quantitative estimate of drug-likeness (QED) is 0.763. The lowest BCUT2D eigenvalue weighted by Gasteiger charge is -2.59. The normalized spacial score (nSPS) is 36.8. The number of halogens is 1. The smallest absolute Gasteiger partial charge is 0.312 e. The van der Waals surface area contributed by atoms with E-state index in [1.54, 1.807) is 7.11 Å². The highest BCUT2D eigenvalue weighted by molar-refractivity contribution is 9.10. The highest BCUT2D eigenvalue weighted by Crippen LogP contribution is 2.54. The summed E-state index contributed by atoms with van der Waals surface area (Å²) in [5.41, 5.74) is 0.830. The largest absolute Gasteiger partial charge is 0.382 e. The summed E-state index contributed by atoms with van der Waals surface area (Å²) in [6.07, 6.45) is 6.42. The molecule has 132 valence electrons. The van der Waals surface area contributed by atoms with E-state index in [1.165, 1.54) is 32.1 Å². The van der Waals surface area contributed by atoms with Crippen LogP contribution in [0, 0.1) is 11.3 Å². The van der Waals surface area contributed by atoms with Gasteiger partial charge in [-0.3, -0.25) is 0 Å². The van der Waals surface area contributed by atoms with Crippen LogP contribution in [-0.2, 0) is 24.9 Å². The molecule has 1 aromatic carbocycles. The number of rotatable bonds is 4. The van der Waals surface area contributed by atoms with Gasteiger partial charge in [0.15, 0.2) is 0 Å². The molecule has 3 heterocycles. The molecule has 4 aliphatic rings. The molecule has 1 aliphatic carbocycles. The molecule has 1 aromatic rings. The van der Waals surface area contributed by atoms with Gasteiger partial charge in [-0.25, -0.2) is 0 Å². The summed E-state index contributed by atoms with van der Waals surface area (Å²) in [6, 6.07) is 7.96. The second-order valence-corrected chi connectivity index (χ2v) is 8.19. The maximum atomic E-state index is 6.41. The Hall–Kier alpha value is -0.460. The van der Waals surface area contributed by atoms with Gasteiger partial charge in [-0.1, -0.05) is 35.2 Å². The lowest BCUT2D eigenvalue weighted by atomic mass is 9.65. The van der Waals surface area contributed by atoms with Gasteiger partial charge in [0.25, 0.3) is 0 Å². The molecular formula is C19H25BrO4. The van der Waals surface area contributed by atoms with E-state index >= 15 is 0 Å². The average molecular weight is 397 g/mol. The van der Waals surface area contributed by atoms with Crippen molar-refractivity contribution in [2.75, 3.05) is 26.9 Å². The third-order valence-corrected chi connectivity index (χ3v) is 6.46. The molecule has 24 heavy (non-hydrogen) atoms. The maximum Gasteiger partial charge on any atom is 0.312 e. The molecule has 0 aromatic heterocycles. The van der Waals surface area contributed by atoms with Gasteiger partial charge in [0, 0.05) is 22.6 Å². The van der Waals surface area contributed by atoms with E-state index in [-0.39, 0.29) is 11.5 Å². The van der Waals surface area contributed by atoms with Crippen molar-refractivity contribution in [3.05, 3.63) is 34.3 Å². The minimum atomic E-state index is -1.08. The highest BCUT2D eigenvalue weighted by atomic mass is 79.9. The van der Waals surface area contributed by atoms with Crippen LogP contribution in [0.25, 0.3) is 0 Å². The molecule has 0 spiro atoms. The van der Waals surface area contributed by atoms with Crippen molar-refractivity contribution in [1.29, 1.82) is 0 Å². The molecular weight excluding hydrogens is 372 g/mol. The Balaban J connectivity index is 1.62. The Morgan fingerprint density at radius 3 is 2.38 bits per heavy atom. The van der Waals surface area contributed by atoms with E-state index < -0.39 is 5.97 Å². The first kappa shape index (κ1) is 17.0. The fraction of sp³-hybridized carbons (Fsp3) is 0.684. The minimum Gasteiger partial charge on any atom is -0.382 e. The number of ether oxygens (including phenoxy) is 4. The molecule has 4 nitrogen and oxygen atoms in total. The van der Waals surface area contributed by atoms with Crippen LogP contribution in [0.3, 0.4) is 0 Å². The zero-order chi connectivity index (χ0) is 16.6. The zero-order valence-electron chi connectivity index (χ0n) is 14.1. The summed E-state index contributed by atoms with van der Waals surface area (Å²) in [5.74, 6) is -0.491. The van der Waals surface area contributed by atoms with Gasteiger partial charge in [-0.05, 0) is 43.0 Å². The molecule has 3 saturated heterocycles. The van der Waals surface area contributed by atoms with Crippen molar-refractivity contribution < 1.29 is 18.9 Å². The first-order valence-corrected chi connectivity index (χ1v) is 9.68. The van der Waals surface area contributed by atoms with Crippen molar-refractivity contribution in [2.45, 2.75) is 44.2 Å². The Morgan fingerprint density at radius 1 is 1.08 bits per heavy atom. The second-order valence-electron chi connectivity index (χ2n) is 7.27. The van der Waals surface area contributed by atoms with Crippen LogP contribution in [0.4, 0.5) is 0 Å². The Bertz CT molecular complexity index is 559. The molecule has 1 atom stereocenters. The average Bonchev–Trinajstić information content (AvgIpc) is 2.64. The summed E-state index contributed by atoms with van der Waals surface area (Å²) < 4.78 is 25.4. The minimum absolute atomic E-state index is 0.0109. The van der Waals surface area contributed by atoms with Crippen LogP contribution in [-0.4, -0.2) is 33.0 Å². The van der Waals surface area contributed by atoms with Crippen LogP contribution in [0.2, 0.25) is 0 Å². The summed E-state index contributed by atoms with van der Waals surface area (Å²) in [6.45, 7) is 1.95. The van der Waals surface area contributed by atoms with Crippen LogP contribution in [0.1, 0.15) is 37.7 Å². The number of hydrogen-bond donors (Lipinski definition) is 0. The van der Waals surface area contributed by atoms with E-state index in [9.17, 15) is 0 Å². The van der Waals surface area contributed by atoms with Gasteiger partial charge in [0.05, 0.1) is 25.9 Å². The molecule has 5 heteroatoms. The third-order valence-electron chi connectivity index (χ3n) is 5.93. The first-order valence-electron chi connectivity index (χ1n) is 8.89. The Labute approximate surface area is 151 Å². The zero-order valence-corrected chi connectivity index (χ0v) is 15.7. The lowest BCUT2D eigenvalue weighted by Crippen LogP contribution is -2.66. The summed E-state index contributed by atoms with van der Waals surface area (Å²) in [4.78, 5) is 0. The monoisotopic (exact) mass is 396 g/mol. The molecule has 0 radical (unpaired) electrons. The van der Waals surface area contributed by atoms with E-state index in [4.69, 9.17) is 18.9 Å². The summed E-state index contributed by atoms with van der Waals surface area (Å²) in [5, 5.41) is 0. The van der Waals surface area contributed by atoms with Crippen molar-refractivity contribution in [3.8, 4) is 0 Å². The van der Waals surface area contributed by atoms with Crippen molar-refractivity contribution in [2.24, 2.45) is 11.3 Å². The molecule has 1 saturated carbocycles. The molecule has 4 fully saturated rings. The number of fused-ring (bicyclic) bond motifs is 3. The van der Waals surface area contributed by atoms with Gasteiger partial charge < -0.3 is 18.9 Å². The number of hydrogen-bond acceptors (Lipinski definition) is 4. The van der Waals surface area contributed by atoms with E-state index in [0.29, 0.717) is 25.7 Å². The topological polar surface area (TPSA) is 36.9 Å². The fourth-order valence-electron chi connectivity index (χ4n) is 4.52. The molecule has 1 unspecified atom stereocenters. The number of methoxy groups -OCH3 is 1. The van der Waals surface area contributed by atoms with Crippen molar-refractivity contribution in [1.82, 2.24) is 0 Å². The van der Waals surface area contributed by atoms with Crippen LogP contribution in [0.5, 0.6) is 0 Å². The lowest BCUT2D eigenvalue weighted by molar-refractivity contribution is -0.508. The SMILES string of the molecule is COCC1OC2(c3ccc(Br)cc3)OCC1(C1CCCCC1)CO2. The molecule has 5 rings (SSSR count). The predicted molar refractivity (Wildman–Crippen MR) is 93.5 cm³/mol. The van der Waals surface area contributed by atoms with E-state index in [0.717, 1.165) is 10.0 Å². The standard InChI is InChI=1S/C19H25BrO4/c1-21-11-17-18(14-5-3-2-4-6-14)12-22-19(24-17,23-13-18)15-7-9-16(20)10-8-15/h7-10,14,17H,2-6,11-13H2,1H3. The van der Waals surface area contributed by atoms with E-state index in [1.807, 2.05) is 24.3 Å². The van der Waals surface area contributed by atoms with Crippen LogP contribution >= 0.6 is 15.9 Å². The molecule has 2 bridgehead atoms. The molecule has 0 amide bonds. The van der Waals surface area contributed by atoms with Gasteiger partial charge in [0.2, 0.25) is 0 Å². The van der Waals surface area contributed by atoms with Gasteiger partial charge in [-0.15, -0.1) is 0 Å².